The van der Waals surface area contributed by atoms with Gasteiger partial charge in [-0.2, -0.15) is 0 Å². The Labute approximate surface area is 231 Å². The van der Waals surface area contributed by atoms with Gasteiger partial charge in [-0.1, -0.05) is 71.9 Å². The molecule has 0 aliphatic carbocycles. The number of fused-ring (bicyclic) bond motifs is 2. The van der Waals surface area contributed by atoms with E-state index in [-0.39, 0.29) is 5.48 Å². The number of carbonyl (C=O) groups excluding carboxylic acids is 2. The van der Waals surface area contributed by atoms with Crippen molar-refractivity contribution in [2.24, 2.45) is 0 Å². The standard InChI is InChI=1S/C25H25ClN2S.C4H4O4.H2O/c26-21-10-11-25-22(17-21)23(16-20-8-4-5-9-24(20)29-25)28-14-12-27(13-15-28)18-19-6-2-1-3-7-19;5-3(6)1-2-4(7)8;/h1-11,17,23H,12-16,18H2;1-2H,(H,5,6)(H,7,8);1H2/p-2/b;2-1-;. The molecule has 0 saturated carbocycles. The molecule has 200 valence electrons. The normalized spacial score (nSPS) is 17.2. The Morgan fingerprint density at radius 1 is 0.868 bits per heavy atom. The molecular formula is C29H29ClN2O5S-2. The molecule has 1 fully saturated rings. The summed E-state index contributed by atoms with van der Waals surface area (Å²) in [6, 6.07) is 26.4. The van der Waals surface area contributed by atoms with Gasteiger partial charge in [0, 0.05) is 53.6 Å². The summed E-state index contributed by atoms with van der Waals surface area (Å²) < 4.78 is 0. The van der Waals surface area contributed by atoms with Crippen molar-refractivity contribution in [2.45, 2.75) is 28.8 Å². The van der Waals surface area contributed by atoms with Gasteiger partial charge in [0.1, 0.15) is 0 Å². The van der Waals surface area contributed by atoms with E-state index in [0.717, 1.165) is 44.2 Å². The van der Waals surface area contributed by atoms with E-state index in [1.165, 1.54) is 26.5 Å². The summed E-state index contributed by atoms with van der Waals surface area (Å²) in [5.41, 5.74) is 4.23. The van der Waals surface area contributed by atoms with E-state index in [1.807, 2.05) is 17.8 Å². The van der Waals surface area contributed by atoms with Crippen LogP contribution in [0, 0.1) is 0 Å². The Hall–Kier alpha value is -3.14. The van der Waals surface area contributed by atoms with Crippen LogP contribution < -0.4 is 10.2 Å². The highest BCUT2D eigenvalue weighted by Gasteiger charge is 2.30. The minimum Gasteiger partial charge on any atom is -0.545 e. The number of carboxylic acid groups (broad SMARTS) is 2. The van der Waals surface area contributed by atoms with Gasteiger partial charge in [-0.25, -0.2) is 0 Å². The summed E-state index contributed by atoms with van der Waals surface area (Å²) in [5.74, 6) is -3.09. The SMILES string of the molecule is Clc1ccc2c(c1)C(N1CCN(Cc3ccccc3)CC1)Cc1ccccc1S2.O.O=C([O-])/C=C\C(=O)[O-]. The molecule has 38 heavy (non-hydrogen) atoms. The molecule has 0 amide bonds. The Bertz CT molecular complexity index is 1250. The number of carboxylic acids is 2. The summed E-state index contributed by atoms with van der Waals surface area (Å²) in [4.78, 5) is 26.8. The molecule has 2 aliphatic rings. The van der Waals surface area contributed by atoms with E-state index in [9.17, 15) is 19.8 Å². The molecule has 0 bridgehead atoms. The molecule has 3 aromatic rings. The fourth-order valence-corrected chi connectivity index (χ4v) is 5.91. The van der Waals surface area contributed by atoms with Crippen LogP contribution in [0.2, 0.25) is 5.02 Å². The number of piperazine rings is 1. The number of halogens is 1. The number of hydrogen-bond acceptors (Lipinski definition) is 7. The third-order valence-electron chi connectivity index (χ3n) is 6.39. The van der Waals surface area contributed by atoms with Crippen LogP contribution >= 0.6 is 23.4 Å². The number of nitrogens with zero attached hydrogens (tertiary/aromatic N) is 2. The molecule has 3 aromatic carbocycles. The Morgan fingerprint density at radius 2 is 1.50 bits per heavy atom. The molecule has 0 radical (unpaired) electrons. The maximum absolute atomic E-state index is 9.41. The van der Waals surface area contributed by atoms with Crippen LogP contribution in [-0.2, 0) is 22.6 Å². The zero-order chi connectivity index (χ0) is 26.2. The van der Waals surface area contributed by atoms with Crippen LogP contribution in [0.1, 0.15) is 22.7 Å². The highest BCUT2D eigenvalue weighted by Crippen LogP contribution is 2.43. The third kappa shape index (κ3) is 8.18. The molecule has 2 aliphatic heterocycles. The van der Waals surface area contributed by atoms with E-state index in [4.69, 9.17) is 11.6 Å². The minimum absolute atomic E-state index is 0. The van der Waals surface area contributed by atoms with E-state index in [2.05, 4.69) is 76.5 Å². The van der Waals surface area contributed by atoms with Gasteiger partial charge in [-0.15, -0.1) is 0 Å². The van der Waals surface area contributed by atoms with Gasteiger partial charge in [0.15, 0.2) is 0 Å². The summed E-state index contributed by atoms with van der Waals surface area (Å²) in [5, 5.41) is 19.7. The highest BCUT2D eigenvalue weighted by atomic mass is 35.5. The van der Waals surface area contributed by atoms with Crippen LogP contribution in [0.4, 0.5) is 0 Å². The summed E-state index contributed by atoms with van der Waals surface area (Å²) >= 11 is 8.31. The lowest BCUT2D eigenvalue weighted by Gasteiger charge is -2.39. The summed E-state index contributed by atoms with van der Waals surface area (Å²) in [7, 11) is 0. The van der Waals surface area contributed by atoms with Crippen molar-refractivity contribution >= 4 is 35.3 Å². The van der Waals surface area contributed by atoms with Gasteiger partial charge in [0.05, 0.1) is 11.9 Å². The zero-order valence-corrected chi connectivity index (χ0v) is 22.3. The van der Waals surface area contributed by atoms with E-state index >= 15 is 0 Å². The van der Waals surface area contributed by atoms with Crippen molar-refractivity contribution in [3.05, 3.63) is 107 Å². The predicted octanol–water partition coefficient (Wildman–Crippen LogP) is 2.12. The second-order valence-corrected chi connectivity index (χ2v) is 10.4. The monoisotopic (exact) mass is 552 g/mol. The van der Waals surface area contributed by atoms with Crippen molar-refractivity contribution in [3.8, 4) is 0 Å². The Kier molecular flexibility index (Phi) is 10.9. The molecular weight excluding hydrogens is 524 g/mol. The van der Waals surface area contributed by atoms with Gasteiger partial charge in [-0.05, 0) is 59.5 Å². The van der Waals surface area contributed by atoms with Crippen molar-refractivity contribution in [3.63, 3.8) is 0 Å². The van der Waals surface area contributed by atoms with E-state index < -0.39 is 11.9 Å². The second kappa shape index (κ2) is 14.1. The summed E-state index contributed by atoms with van der Waals surface area (Å²) in [6.45, 7) is 5.44. The number of carbonyl (C=O) groups is 2. The molecule has 7 nitrogen and oxygen atoms in total. The van der Waals surface area contributed by atoms with Gasteiger partial charge >= 0.3 is 0 Å². The van der Waals surface area contributed by atoms with Crippen LogP contribution in [0.15, 0.2) is 94.7 Å². The lowest BCUT2D eigenvalue weighted by molar-refractivity contribution is -0.301. The molecule has 0 aromatic heterocycles. The smallest absolute Gasteiger partial charge is 0.0643 e. The molecule has 0 spiro atoms. The Morgan fingerprint density at radius 3 is 2.16 bits per heavy atom. The molecule has 1 atom stereocenters. The number of aliphatic carboxylic acids is 2. The lowest BCUT2D eigenvalue weighted by atomic mass is 9.96. The fourth-order valence-electron chi connectivity index (χ4n) is 4.62. The minimum atomic E-state index is -1.55. The van der Waals surface area contributed by atoms with Crippen LogP contribution in [0.5, 0.6) is 0 Å². The molecule has 2 heterocycles. The van der Waals surface area contributed by atoms with Gasteiger partial charge < -0.3 is 25.3 Å². The molecule has 2 N–H and O–H groups in total. The predicted molar refractivity (Wildman–Crippen MR) is 145 cm³/mol. The van der Waals surface area contributed by atoms with E-state index in [0.29, 0.717) is 18.2 Å². The van der Waals surface area contributed by atoms with Crippen LogP contribution in [0.25, 0.3) is 0 Å². The fraction of sp³-hybridized carbons (Fsp3) is 0.241. The van der Waals surface area contributed by atoms with Crippen LogP contribution in [-0.4, -0.2) is 53.4 Å². The van der Waals surface area contributed by atoms with Gasteiger partial charge in [-0.3, -0.25) is 9.80 Å². The van der Waals surface area contributed by atoms with Gasteiger partial charge in [0.2, 0.25) is 0 Å². The lowest BCUT2D eigenvalue weighted by Crippen LogP contribution is -2.47. The average Bonchev–Trinajstić information content (AvgIpc) is 3.05. The van der Waals surface area contributed by atoms with Gasteiger partial charge in [0.25, 0.3) is 0 Å². The molecule has 1 unspecified atom stereocenters. The van der Waals surface area contributed by atoms with Crippen molar-refractivity contribution in [1.82, 2.24) is 9.80 Å². The van der Waals surface area contributed by atoms with Crippen molar-refractivity contribution < 1.29 is 25.3 Å². The molecule has 5 rings (SSSR count). The summed E-state index contributed by atoms with van der Waals surface area (Å²) in [6.07, 6.45) is 1.82. The van der Waals surface area contributed by atoms with E-state index in [1.54, 1.807) is 0 Å². The first-order valence-electron chi connectivity index (χ1n) is 12.0. The largest absolute Gasteiger partial charge is 0.545 e. The maximum Gasteiger partial charge on any atom is 0.0643 e. The Balaban J connectivity index is 0.000000390. The first-order valence-corrected chi connectivity index (χ1v) is 13.2. The molecule has 9 heteroatoms. The zero-order valence-electron chi connectivity index (χ0n) is 20.7. The first kappa shape index (κ1) is 29.4. The van der Waals surface area contributed by atoms with Crippen LogP contribution in [0.3, 0.4) is 0 Å². The molecule has 1 saturated heterocycles. The number of rotatable bonds is 5. The average molecular weight is 553 g/mol. The topological polar surface area (TPSA) is 118 Å². The quantitative estimate of drug-likeness (QED) is 0.445. The van der Waals surface area contributed by atoms with Crippen molar-refractivity contribution in [2.75, 3.05) is 26.2 Å². The second-order valence-electron chi connectivity index (χ2n) is 8.88. The van der Waals surface area contributed by atoms with Crippen molar-refractivity contribution in [1.29, 1.82) is 0 Å². The maximum atomic E-state index is 9.41. The number of hydrogen-bond donors (Lipinski definition) is 0. The third-order valence-corrected chi connectivity index (χ3v) is 7.83. The first-order chi connectivity index (χ1) is 17.9. The highest BCUT2D eigenvalue weighted by molar-refractivity contribution is 7.99. The number of benzene rings is 3.